The number of aliphatic hydroxyl groups excluding tert-OH is 3. The molecule has 0 aromatic carbocycles. The normalized spacial score (nSPS) is 30.2. The predicted molar refractivity (Wildman–Crippen MR) is 229 cm³/mol. The van der Waals surface area contributed by atoms with E-state index in [1.807, 2.05) is 0 Å². The smallest absolute Gasteiger partial charge is 0.388 e. The maximum atomic E-state index is 13.8. The standard InChI is InChI=1S/C32H41N14O19P3S/c33-17-1-4-43(31(50)39-17)29-22(48)24(15(62-29)8-58-66(52)53)64-68(56,57)60-10-16-25(23(49)30(63-16)44-5-2-18(34)40-32(44)51)65-67(54,55)59-9-14-21(47)20(46-7-13(3-6-69)41-42-46)28(61-14)45-12-38-19-26(35)36-11-37-27(19)45/h1-2,4-5,7,11-12,14-16,20-25,28-30,47-49H,3,6,8-10H2,(H9-,33,34,35,36,37,39,40,50,51,52,53,54,55,56,57,69)/p+1/t14-,15-,16-,20-,21-,22-,23-,24-,25-,28-,29-,30-/m1/s1. The van der Waals surface area contributed by atoms with Crippen LogP contribution in [0.3, 0.4) is 0 Å². The molecule has 0 amide bonds. The number of phosphoric ester groups is 2. The van der Waals surface area contributed by atoms with Crippen LogP contribution in [0.1, 0.15) is 30.4 Å². The minimum absolute atomic E-state index is 0.0422. The van der Waals surface area contributed by atoms with E-state index in [1.54, 1.807) is 6.20 Å². The molecule has 15 atom stereocenters. The summed E-state index contributed by atoms with van der Waals surface area (Å²) in [5.41, 5.74) is 16.0. The van der Waals surface area contributed by atoms with E-state index in [4.69, 9.17) is 49.5 Å². The highest BCUT2D eigenvalue weighted by Crippen LogP contribution is 2.52. The molecule has 0 bridgehead atoms. The summed E-state index contributed by atoms with van der Waals surface area (Å²) in [6.07, 6.45) is -12.5. The third kappa shape index (κ3) is 10.9. The van der Waals surface area contributed by atoms with Crippen LogP contribution in [0.2, 0.25) is 0 Å². The molecular weight excluding hydrogens is 1010 g/mol. The van der Waals surface area contributed by atoms with Crippen LogP contribution in [0.15, 0.2) is 53.0 Å². The summed E-state index contributed by atoms with van der Waals surface area (Å²) in [5, 5.41) is 42.5. The number of thiol groups is 1. The molecule has 3 saturated heterocycles. The Morgan fingerprint density at radius 1 is 0.768 bits per heavy atom. The monoisotopic (exact) mass is 1050 g/mol. The lowest BCUT2D eigenvalue weighted by Gasteiger charge is -2.25. The first-order valence-corrected chi connectivity index (χ1v) is 24.7. The minimum Gasteiger partial charge on any atom is -0.388 e. The Labute approximate surface area is 391 Å². The molecule has 0 aliphatic carbocycles. The van der Waals surface area contributed by atoms with Gasteiger partial charge in [0.25, 0.3) is 0 Å². The molecule has 3 fully saturated rings. The van der Waals surface area contributed by atoms with Crippen LogP contribution >= 0.6 is 36.5 Å². The number of fused-ring (bicyclic) bond motifs is 1. The van der Waals surface area contributed by atoms with Gasteiger partial charge < -0.3 is 56.5 Å². The number of hydrogen-bond donors (Lipinski definition) is 10. The lowest BCUT2D eigenvalue weighted by Crippen LogP contribution is -2.39. The van der Waals surface area contributed by atoms with Crippen molar-refractivity contribution in [2.45, 2.75) is 80.0 Å². The number of phosphoric acid groups is 2. The molecule has 3 aliphatic rings. The van der Waals surface area contributed by atoms with Crippen molar-refractivity contribution in [2.75, 3.05) is 42.8 Å². The van der Waals surface area contributed by atoms with Crippen LogP contribution in [0.25, 0.3) is 11.2 Å². The quantitative estimate of drug-likeness (QED) is 0.0288. The number of nitrogens with two attached hydrogens (primary N) is 3. The van der Waals surface area contributed by atoms with E-state index in [-0.39, 0.29) is 28.6 Å². The zero-order chi connectivity index (χ0) is 49.5. The Morgan fingerprint density at radius 3 is 1.87 bits per heavy atom. The van der Waals surface area contributed by atoms with Gasteiger partial charge in [-0.1, -0.05) is 5.21 Å². The number of nitrogens with zero attached hydrogens (tertiary/aromatic N) is 11. The Bertz CT molecular complexity index is 2900. The largest absolute Gasteiger partial charge is 0.694 e. The molecule has 0 spiro atoms. The molecule has 33 nitrogen and oxygen atoms in total. The highest BCUT2D eigenvalue weighted by atomic mass is 32.1. The first kappa shape index (κ1) is 50.6. The van der Waals surface area contributed by atoms with Crippen LogP contribution in [-0.4, -0.2) is 158 Å². The lowest BCUT2D eigenvalue weighted by atomic mass is 10.1. The van der Waals surface area contributed by atoms with Crippen LogP contribution < -0.4 is 28.6 Å². The van der Waals surface area contributed by atoms with Crippen LogP contribution in [0, 0.1) is 0 Å². The molecule has 5 aromatic rings. The Hall–Kier alpha value is -4.80. The number of aliphatic hydroxyl groups is 3. The van der Waals surface area contributed by atoms with Crippen LogP contribution in [-0.2, 0) is 56.9 Å². The molecule has 5 aromatic heterocycles. The topological polar surface area (TPSA) is 469 Å². The Balaban J connectivity index is 1.00. The summed E-state index contributed by atoms with van der Waals surface area (Å²) in [6.45, 7) is -2.85. The fourth-order valence-electron chi connectivity index (χ4n) is 7.64. The Kier molecular flexibility index (Phi) is 15.0. The molecule has 3 aliphatic heterocycles. The molecule has 8 rings (SSSR count). The molecule has 8 heterocycles. The van der Waals surface area contributed by atoms with Gasteiger partial charge in [0.2, 0.25) is 0 Å². The molecular formula is C32H42N14O19P3S+. The first-order chi connectivity index (χ1) is 32.7. The third-order valence-corrected chi connectivity index (χ3v) is 13.3. The van der Waals surface area contributed by atoms with E-state index in [0.717, 1.165) is 27.6 Å². The van der Waals surface area contributed by atoms with Gasteiger partial charge in [-0.05, 0) is 17.9 Å². The van der Waals surface area contributed by atoms with Crippen molar-refractivity contribution in [1.82, 2.24) is 53.6 Å². The predicted octanol–water partition coefficient (Wildman–Crippen LogP) is -3.16. The number of anilines is 3. The van der Waals surface area contributed by atoms with Crippen molar-refractivity contribution >= 4 is 65.1 Å². The summed E-state index contributed by atoms with van der Waals surface area (Å²) in [7, 11) is -14.2. The molecule has 374 valence electrons. The number of imidazole rings is 1. The average molecular weight is 1050 g/mol. The maximum absolute atomic E-state index is 13.8. The van der Waals surface area contributed by atoms with Crippen molar-refractivity contribution in [3.05, 3.63) is 70.0 Å². The van der Waals surface area contributed by atoms with Gasteiger partial charge in [0.1, 0.15) is 85.0 Å². The van der Waals surface area contributed by atoms with E-state index in [2.05, 4.69) is 52.4 Å². The van der Waals surface area contributed by atoms with E-state index in [1.165, 1.54) is 28.0 Å². The number of aromatic nitrogens is 11. The summed E-state index contributed by atoms with van der Waals surface area (Å²) < 4.78 is 86.1. The van der Waals surface area contributed by atoms with E-state index in [0.29, 0.717) is 17.9 Å². The number of hydrogen-bond acceptors (Lipinski definition) is 27. The van der Waals surface area contributed by atoms with Gasteiger partial charge in [-0.25, -0.2) is 38.4 Å². The van der Waals surface area contributed by atoms with Gasteiger partial charge in [0.05, 0.1) is 25.2 Å². The average Bonchev–Trinajstić information content (AvgIpc) is 4.11. The summed E-state index contributed by atoms with van der Waals surface area (Å²) >= 11 is 4.23. The van der Waals surface area contributed by atoms with Gasteiger partial charge in [0.15, 0.2) is 30.1 Å². The van der Waals surface area contributed by atoms with Crippen molar-refractivity contribution in [1.29, 1.82) is 0 Å². The summed E-state index contributed by atoms with van der Waals surface area (Å²) in [5.74, 6) is 0.0490. The van der Waals surface area contributed by atoms with Crippen molar-refractivity contribution in [2.24, 2.45) is 0 Å². The van der Waals surface area contributed by atoms with Crippen LogP contribution in [0.5, 0.6) is 0 Å². The molecule has 3 unspecified atom stereocenters. The molecule has 0 radical (unpaired) electrons. The lowest BCUT2D eigenvalue weighted by molar-refractivity contribution is -0.0622. The molecule has 12 N–H and O–H groups in total. The minimum atomic E-state index is -5.48. The van der Waals surface area contributed by atoms with Gasteiger partial charge in [0, 0.05) is 29.6 Å². The SMILES string of the molecule is Nc1ccn([C@@H]2O[C@H](CO[P+](=O)O)[C@@H](OP(=O)(O)OC[C@H]3O[C@@H](n4ccc(N)nc4=O)[C@H](O)[C@@H]3OP(=O)(O)OC[C@H]3O[C@@H](n4cnc5c(N)ncnc54)[C@H](n4cc(CCS)nn4)[C@@H]3O)[C@H]2O)c(=O)n1. The summed E-state index contributed by atoms with van der Waals surface area (Å²) in [6, 6.07) is 1.23. The zero-order valence-electron chi connectivity index (χ0n) is 34.9. The first-order valence-electron chi connectivity index (χ1n) is 20.0. The molecule has 69 heavy (non-hydrogen) atoms. The van der Waals surface area contributed by atoms with Gasteiger partial charge in [-0.3, -0.25) is 31.8 Å². The maximum Gasteiger partial charge on any atom is 0.694 e. The number of aryl methyl sites for hydroxylation is 1. The third-order valence-electron chi connectivity index (χ3n) is 10.8. The number of rotatable bonds is 19. The fraction of sp³-hybridized carbons (Fsp3) is 0.531. The summed E-state index contributed by atoms with van der Waals surface area (Å²) in [4.78, 5) is 76.2. The van der Waals surface area contributed by atoms with Crippen molar-refractivity contribution < 1.29 is 80.5 Å². The van der Waals surface area contributed by atoms with E-state index >= 15 is 0 Å². The second-order valence-corrected chi connectivity index (χ2v) is 19.2. The van der Waals surface area contributed by atoms with E-state index < -0.39 is 129 Å². The molecule has 37 heteroatoms. The zero-order valence-corrected chi connectivity index (χ0v) is 38.5. The highest BCUT2D eigenvalue weighted by molar-refractivity contribution is 7.80. The number of nitrogen functional groups attached to an aromatic ring is 3. The van der Waals surface area contributed by atoms with Gasteiger partial charge >= 0.3 is 35.3 Å². The Morgan fingerprint density at radius 2 is 1.32 bits per heavy atom. The second-order valence-electron chi connectivity index (χ2n) is 15.2. The number of ether oxygens (including phenoxy) is 3. The molecule has 0 saturated carbocycles. The van der Waals surface area contributed by atoms with Crippen molar-refractivity contribution in [3.63, 3.8) is 0 Å². The fourth-order valence-corrected chi connectivity index (χ4v) is 10.1. The van der Waals surface area contributed by atoms with Gasteiger partial charge in [-0.2, -0.15) is 22.6 Å². The van der Waals surface area contributed by atoms with E-state index in [9.17, 15) is 53.3 Å². The van der Waals surface area contributed by atoms with Crippen LogP contribution in [0.4, 0.5) is 17.5 Å². The van der Waals surface area contributed by atoms with Gasteiger partial charge in [-0.15, -0.1) is 14.5 Å². The second kappa shape index (κ2) is 20.5. The highest BCUT2D eigenvalue weighted by Gasteiger charge is 2.54. The van der Waals surface area contributed by atoms with Crippen molar-refractivity contribution in [3.8, 4) is 0 Å².